The Morgan fingerprint density at radius 1 is 1.41 bits per heavy atom. The van der Waals surface area contributed by atoms with Crippen LogP contribution in [0.4, 0.5) is 11.8 Å². The summed E-state index contributed by atoms with van der Waals surface area (Å²) in [4.78, 5) is 10.2. The van der Waals surface area contributed by atoms with Crippen molar-refractivity contribution in [2.75, 3.05) is 31.7 Å². The Morgan fingerprint density at radius 3 is 2.65 bits per heavy atom. The fraction of sp³-hybridized carbons (Fsp3) is 0.667. The highest BCUT2D eigenvalue weighted by Crippen LogP contribution is 2.12. The molecule has 0 radical (unpaired) electrons. The van der Waals surface area contributed by atoms with Crippen molar-refractivity contribution < 1.29 is 0 Å². The second kappa shape index (κ2) is 6.39. The zero-order valence-electron chi connectivity index (χ0n) is 11.1. The van der Waals surface area contributed by atoms with E-state index in [4.69, 9.17) is 5.73 Å². The first-order valence-corrected chi connectivity index (χ1v) is 5.97. The minimum atomic E-state index is 0.308. The molecule has 0 amide bonds. The molecule has 0 aliphatic carbocycles. The number of nitrogens with two attached hydrogens (primary N) is 1. The molecule has 0 saturated carbocycles. The van der Waals surface area contributed by atoms with E-state index in [9.17, 15) is 0 Å². The van der Waals surface area contributed by atoms with Gasteiger partial charge in [0.1, 0.15) is 5.82 Å². The van der Waals surface area contributed by atoms with Crippen molar-refractivity contribution in [3.05, 3.63) is 12.3 Å². The van der Waals surface area contributed by atoms with Crippen molar-refractivity contribution in [1.82, 2.24) is 14.9 Å². The summed E-state index contributed by atoms with van der Waals surface area (Å²) in [5.41, 5.74) is 5.56. The van der Waals surface area contributed by atoms with Crippen molar-refractivity contribution in [2.45, 2.75) is 26.3 Å². The van der Waals surface area contributed by atoms with Crippen LogP contribution in [0.25, 0.3) is 0 Å². The lowest BCUT2D eigenvalue weighted by atomic mass is 10.0. The monoisotopic (exact) mass is 237 g/mol. The Hall–Kier alpha value is -1.36. The van der Waals surface area contributed by atoms with Gasteiger partial charge in [0.2, 0.25) is 5.95 Å². The fourth-order valence-corrected chi connectivity index (χ4v) is 1.85. The topological polar surface area (TPSA) is 67.1 Å². The summed E-state index contributed by atoms with van der Waals surface area (Å²) >= 11 is 0. The van der Waals surface area contributed by atoms with Gasteiger partial charge in [0.25, 0.3) is 0 Å². The number of likely N-dealkylation sites (N-methyl/N-ethyl adjacent to an activating group) is 1. The Balaban J connectivity index is 2.64. The number of hydrogen-bond acceptors (Lipinski definition) is 5. The van der Waals surface area contributed by atoms with Gasteiger partial charge in [0.05, 0.1) is 0 Å². The van der Waals surface area contributed by atoms with Gasteiger partial charge < -0.3 is 16.0 Å². The van der Waals surface area contributed by atoms with E-state index in [1.807, 2.05) is 6.07 Å². The molecule has 0 fully saturated rings. The van der Waals surface area contributed by atoms with Gasteiger partial charge in [-0.1, -0.05) is 13.8 Å². The van der Waals surface area contributed by atoms with Crippen molar-refractivity contribution in [3.8, 4) is 0 Å². The highest BCUT2D eigenvalue weighted by Gasteiger charge is 2.12. The third kappa shape index (κ3) is 5.49. The van der Waals surface area contributed by atoms with Gasteiger partial charge in [-0.3, -0.25) is 0 Å². The predicted octanol–water partition coefficient (Wildman–Crippen LogP) is 1.45. The molecule has 1 rings (SSSR count). The predicted molar refractivity (Wildman–Crippen MR) is 71.9 cm³/mol. The van der Waals surface area contributed by atoms with E-state index in [0.717, 1.165) is 18.8 Å². The average molecular weight is 237 g/mol. The largest absolute Gasteiger partial charge is 0.368 e. The van der Waals surface area contributed by atoms with Gasteiger partial charge in [-0.25, -0.2) is 4.98 Å². The SMILES string of the molecule is CC(C)CC(CN(C)C)Nc1ccnc(N)n1. The van der Waals surface area contributed by atoms with Crippen molar-refractivity contribution in [3.63, 3.8) is 0 Å². The highest BCUT2D eigenvalue weighted by molar-refractivity contribution is 5.38. The molecule has 1 aromatic rings. The average Bonchev–Trinajstić information content (AvgIpc) is 2.14. The lowest BCUT2D eigenvalue weighted by Gasteiger charge is -2.24. The van der Waals surface area contributed by atoms with Crippen LogP contribution < -0.4 is 11.1 Å². The number of nitrogens with one attached hydrogen (secondary N) is 1. The molecular formula is C12H23N5. The minimum absolute atomic E-state index is 0.308. The van der Waals surface area contributed by atoms with E-state index in [-0.39, 0.29) is 0 Å². The number of nitrogen functional groups attached to an aromatic ring is 1. The molecule has 0 aliphatic rings. The molecule has 0 bridgehead atoms. The summed E-state index contributed by atoms with van der Waals surface area (Å²) in [5.74, 6) is 1.75. The third-order valence-electron chi connectivity index (χ3n) is 2.37. The Bertz CT molecular complexity index is 327. The fourth-order valence-electron chi connectivity index (χ4n) is 1.85. The molecule has 1 heterocycles. The van der Waals surface area contributed by atoms with Gasteiger partial charge in [0, 0.05) is 18.8 Å². The van der Waals surface area contributed by atoms with Crippen LogP contribution in [0.3, 0.4) is 0 Å². The Labute approximate surface area is 103 Å². The van der Waals surface area contributed by atoms with E-state index in [1.54, 1.807) is 6.20 Å². The summed E-state index contributed by atoms with van der Waals surface area (Å²) in [7, 11) is 4.15. The molecule has 0 aliphatic heterocycles. The third-order valence-corrected chi connectivity index (χ3v) is 2.37. The van der Waals surface area contributed by atoms with Crippen LogP contribution in [0.15, 0.2) is 12.3 Å². The van der Waals surface area contributed by atoms with E-state index >= 15 is 0 Å². The van der Waals surface area contributed by atoms with Crippen LogP contribution in [0.2, 0.25) is 0 Å². The van der Waals surface area contributed by atoms with Crippen LogP contribution in [0.5, 0.6) is 0 Å². The quantitative estimate of drug-likeness (QED) is 0.784. The number of nitrogens with zero attached hydrogens (tertiary/aromatic N) is 3. The van der Waals surface area contributed by atoms with E-state index in [0.29, 0.717) is 17.9 Å². The summed E-state index contributed by atoms with van der Waals surface area (Å²) in [6.07, 6.45) is 2.77. The van der Waals surface area contributed by atoms with Crippen LogP contribution in [0, 0.1) is 5.92 Å². The normalized spacial score (nSPS) is 13.1. The number of aromatic nitrogens is 2. The molecule has 1 unspecified atom stereocenters. The van der Waals surface area contributed by atoms with Crippen LogP contribution in [-0.4, -0.2) is 41.5 Å². The van der Waals surface area contributed by atoms with Gasteiger partial charge in [0.15, 0.2) is 0 Å². The second-order valence-corrected chi connectivity index (χ2v) is 5.03. The maximum absolute atomic E-state index is 5.56. The van der Waals surface area contributed by atoms with Gasteiger partial charge >= 0.3 is 0 Å². The molecule has 1 atom stereocenters. The summed E-state index contributed by atoms with van der Waals surface area (Å²) in [5, 5.41) is 3.41. The Morgan fingerprint density at radius 2 is 2.12 bits per heavy atom. The first-order chi connectivity index (χ1) is 7.97. The van der Waals surface area contributed by atoms with Crippen LogP contribution in [0.1, 0.15) is 20.3 Å². The van der Waals surface area contributed by atoms with Gasteiger partial charge in [-0.05, 0) is 32.5 Å². The maximum Gasteiger partial charge on any atom is 0.221 e. The molecular weight excluding hydrogens is 214 g/mol. The van der Waals surface area contributed by atoms with Crippen molar-refractivity contribution >= 4 is 11.8 Å². The second-order valence-electron chi connectivity index (χ2n) is 5.03. The number of anilines is 2. The van der Waals surface area contributed by atoms with Crippen molar-refractivity contribution in [2.24, 2.45) is 5.92 Å². The first-order valence-electron chi connectivity index (χ1n) is 5.97. The van der Waals surface area contributed by atoms with E-state index in [2.05, 4.69) is 48.1 Å². The zero-order valence-corrected chi connectivity index (χ0v) is 11.1. The molecule has 5 nitrogen and oxygen atoms in total. The lowest BCUT2D eigenvalue weighted by Crippen LogP contribution is -2.33. The maximum atomic E-state index is 5.56. The smallest absolute Gasteiger partial charge is 0.221 e. The summed E-state index contributed by atoms with van der Waals surface area (Å²) < 4.78 is 0. The van der Waals surface area contributed by atoms with E-state index < -0.39 is 0 Å². The number of rotatable bonds is 6. The van der Waals surface area contributed by atoms with Gasteiger partial charge in [-0.15, -0.1) is 0 Å². The van der Waals surface area contributed by atoms with E-state index in [1.165, 1.54) is 0 Å². The van der Waals surface area contributed by atoms with Crippen molar-refractivity contribution in [1.29, 1.82) is 0 Å². The molecule has 0 spiro atoms. The van der Waals surface area contributed by atoms with Crippen LogP contribution >= 0.6 is 0 Å². The molecule has 5 heteroatoms. The summed E-state index contributed by atoms with van der Waals surface area (Å²) in [6.45, 7) is 5.42. The molecule has 17 heavy (non-hydrogen) atoms. The number of hydrogen-bond donors (Lipinski definition) is 2. The summed E-state index contributed by atoms with van der Waals surface area (Å²) in [6, 6.07) is 2.22. The minimum Gasteiger partial charge on any atom is -0.368 e. The molecule has 3 N–H and O–H groups in total. The van der Waals surface area contributed by atoms with Gasteiger partial charge in [-0.2, -0.15) is 4.98 Å². The molecule has 0 aromatic carbocycles. The standard InChI is InChI=1S/C12H23N5/c1-9(2)7-10(8-17(3)4)15-11-5-6-14-12(13)16-11/h5-6,9-10H,7-8H2,1-4H3,(H3,13,14,15,16). The first kappa shape index (κ1) is 13.7. The Kier molecular flexibility index (Phi) is 5.15. The zero-order chi connectivity index (χ0) is 12.8. The molecule has 1 aromatic heterocycles. The van der Waals surface area contributed by atoms with Crippen LogP contribution in [-0.2, 0) is 0 Å². The molecule has 96 valence electrons. The highest BCUT2D eigenvalue weighted by atomic mass is 15.1. The molecule has 0 saturated heterocycles. The lowest BCUT2D eigenvalue weighted by molar-refractivity contribution is 0.356.